The predicted octanol–water partition coefficient (Wildman–Crippen LogP) is 4.52. The average molecular weight is 347 g/mol. The Labute approximate surface area is 154 Å². The van der Waals surface area contributed by atoms with Gasteiger partial charge in [-0.25, -0.2) is 0 Å². The molecule has 4 nitrogen and oxygen atoms in total. The molecule has 3 rings (SSSR count). The Bertz CT molecular complexity index is 840. The molecule has 0 radical (unpaired) electrons. The Kier molecular flexibility index (Phi) is 5.84. The number of carbonyl (C=O) groups is 1. The molecule has 3 aromatic rings. The summed E-state index contributed by atoms with van der Waals surface area (Å²) in [6.07, 6.45) is 3.86. The van der Waals surface area contributed by atoms with Gasteiger partial charge in [-0.2, -0.15) is 5.10 Å². The van der Waals surface area contributed by atoms with Gasteiger partial charge in [0.15, 0.2) is 0 Å². The smallest absolute Gasteiger partial charge is 0.255 e. The first-order chi connectivity index (χ1) is 12.7. The molecular weight excluding hydrogens is 322 g/mol. The van der Waals surface area contributed by atoms with E-state index in [4.69, 9.17) is 5.10 Å². The first-order valence-corrected chi connectivity index (χ1v) is 9.15. The maximum absolute atomic E-state index is 12.8. The molecule has 26 heavy (non-hydrogen) atoms. The summed E-state index contributed by atoms with van der Waals surface area (Å²) < 4.78 is 1.84. The van der Waals surface area contributed by atoms with Crippen LogP contribution in [-0.4, -0.2) is 21.7 Å². The van der Waals surface area contributed by atoms with Gasteiger partial charge in [0.05, 0.1) is 12.1 Å². The van der Waals surface area contributed by atoms with Crippen LogP contribution in [0.1, 0.15) is 42.6 Å². The number of amides is 1. The molecule has 0 bridgehead atoms. The highest BCUT2D eigenvalue weighted by molar-refractivity contribution is 5.99. The van der Waals surface area contributed by atoms with Crippen LogP contribution in [0.15, 0.2) is 66.9 Å². The minimum atomic E-state index is -0.0656. The molecular formula is C22H25N3O. The van der Waals surface area contributed by atoms with Gasteiger partial charge < -0.3 is 5.32 Å². The molecule has 1 heterocycles. The van der Waals surface area contributed by atoms with Crippen molar-refractivity contribution in [2.75, 3.05) is 0 Å². The summed E-state index contributed by atoms with van der Waals surface area (Å²) in [7, 11) is 0. The van der Waals surface area contributed by atoms with Crippen LogP contribution in [0.5, 0.6) is 0 Å². The van der Waals surface area contributed by atoms with Gasteiger partial charge in [0.1, 0.15) is 5.69 Å². The molecule has 134 valence electrons. The molecule has 0 saturated heterocycles. The van der Waals surface area contributed by atoms with Crippen LogP contribution in [0.4, 0.5) is 0 Å². The van der Waals surface area contributed by atoms with Crippen LogP contribution >= 0.6 is 0 Å². The van der Waals surface area contributed by atoms with E-state index in [1.807, 2.05) is 66.3 Å². The third-order valence-corrected chi connectivity index (χ3v) is 4.34. The number of benzene rings is 2. The number of rotatable bonds is 7. The Morgan fingerprint density at radius 1 is 1.08 bits per heavy atom. The molecule has 1 amide bonds. The van der Waals surface area contributed by atoms with Crippen LogP contribution in [0, 0.1) is 0 Å². The van der Waals surface area contributed by atoms with Crippen molar-refractivity contribution in [1.29, 1.82) is 0 Å². The average Bonchev–Trinajstić information content (AvgIpc) is 3.07. The third kappa shape index (κ3) is 4.39. The molecule has 1 atom stereocenters. The molecule has 0 fully saturated rings. The molecule has 1 aromatic heterocycles. The summed E-state index contributed by atoms with van der Waals surface area (Å²) in [6, 6.07) is 20.2. The van der Waals surface area contributed by atoms with E-state index in [1.165, 1.54) is 0 Å². The number of carbonyl (C=O) groups excluding carboxylic acids is 1. The molecule has 0 aliphatic rings. The maximum Gasteiger partial charge on any atom is 0.255 e. The fourth-order valence-electron chi connectivity index (χ4n) is 3.05. The summed E-state index contributed by atoms with van der Waals surface area (Å²) >= 11 is 0. The Morgan fingerprint density at radius 2 is 1.73 bits per heavy atom. The van der Waals surface area contributed by atoms with Crippen molar-refractivity contribution in [2.45, 2.75) is 39.3 Å². The molecule has 1 unspecified atom stereocenters. The van der Waals surface area contributed by atoms with Crippen LogP contribution in [0.2, 0.25) is 0 Å². The number of nitrogens with zero attached hydrogens (tertiary/aromatic N) is 2. The van der Waals surface area contributed by atoms with Gasteiger partial charge >= 0.3 is 0 Å². The first-order valence-electron chi connectivity index (χ1n) is 9.15. The van der Waals surface area contributed by atoms with Crippen LogP contribution in [0.25, 0.3) is 11.3 Å². The van der Waals surface area contributed by atoms with E-state index >= 15 is 0 Å². The van der Waals surface area contributed by atoms with E-state index in [0.717, 1.165) is 29.7 Å². The highest BCUT2D eigenvalue weighted by atomic mass is 16.1. The lowest BCUT2D eigenvalue weighted by molar-refractivity contribution is 0.0939. The van der Waals surface area contributed by atoms with Crippen molar-refractivity contribution in [1.82, 2.24) is 15.1 Å². The van der Waals surface area contributed by atoms with Crippen LogP contribution < -0.4 is 5.32 Å². The van der Waals surface area contributed by atoms with E-state index in [9.17, 15) is 4.79 Å². The molecule has 4 heteroatoms. The number of aromatic nitrogens is 2. The van der Waals surface area contributed by atoms with Gasteiger partial charge in [0, 0.05) is 17.8 Å². The third-order valence-electron chi connectivity index (χ3n) is 4.34. The number of hydrogen-bond acceptors (Lipinski definition) is 2. The first kappa shape index (κ1) is 17.9. The van der Waals surface area contributed by atoms with E-state index in [1.54, 1.807) is 0 Å². The highest BCUT2D eigenvalue weighted by Gasteiger charge is 2.19. The largest absolute Gasteiger partial charge is 0.349 e. The second kappa shape index (κ2) is 8.48. The highest BCUT2D eigenvalue weighted by Crippen LogP contribution is 2.22. The second-order valence-electron chi connectivity index (χ2n) is 6.60. The maximum atomic E-state index is 12.8. The standard InChI is InChI=1S/C22H25N3O/c1-3-10-17(2)23-22(26)20-16-25(15-18-11-6-4-7-12-18)24-21(20)19-13-8-5-9-14-19/h4-9,11-14,16-17H,3,10,15H2,1-2H3,(H,23,26). The van der Waals surface area contributed by atoms with Crippen molar-refractivity contribution >= 4 is 5.91 Å². The van der Waals surface area contributed by atoms with E-state index < -0.39 is 0 Å². The Morgan fingerprint density at radius 3 is 2.38 bits per heavy atom. The van der Waals surface area contributed by atoms with Crippen LogP contribution in [0.3, 0.4) is 0 Å². The molecule has 0 spiro atoms. The molecule has 0 saturated carbocycles. The van der Waals surface area contributed by atoms with Gasteiger partial charge in [0.2, 0.25) is 0 Å². The zero-order valence-electron chi connectivity index (χ0n) is 15.4. The van der Waals surface area contributed by atoms with E-state index in [0.29, 0.717) is 12.1 Å². The van der Waals surface area contributed by atoms with Crippen molar-refractivity contribution < 1.29 is 4.79 Å². The summed E-state index contributed by atoms with van der Waals surface area (Å²) in [5.41, 5.74) is 3.45. The van der Waals surface area contributed by atoms with Crippen molar-refractivity contribution in [2.24, 2.45) is 0 Å². The summed E-state index contributed by atoms with van der Waals surface area (Å²) in [5, 5.41) is 7.80. The topological polar surface area (TPSA) is 46.9 Å². The van der Waals surface area contributed by atoms with E-state index in [2.05, 4.69) is 24.4 Å². The SMILES string of the molecule is CCCC(C)NC(=O)c1cn(Cc2ccccc2)nc1-c1ccccc1. The zero-order valence-corrected chi connectivity index (χ0v) is 15.4. The van der Waals surface area contributed by atoms with E-state index in [-0.39, 0.29) is 11.9 Å². The minimum Gasteiger partial charge on any atom is -0.349 e. The minimum absolute atomic E-state index is 0.0656. The van der Waals surface area contributed by atoms with Gasteiger partial charge in [-0.05, 0) is 18.9 Å². The molecule has 0 aliphatic carbocycles. The van der Waals surface area contributed by atoms with Crippen LogP contribution in [-0.2, 0) is 6.54 Å². The predicted molar refractivity (Wildman–Crippen MR) is 105 cm³/mol. The van der Waals surface area contributed by atoms with Crippen molar-refractivity contribution in [3.05, 3.63) is 78.0 Å². The zero-order chi connectivity index (χ0) is 18.4. The van der Waals surface area contributed by atoms with Gasteiger partial charge in [-0.15, -0.1) is 0 Å². The normalized spacial score (nSPS) is 11.9. The van der Waals surface area contributed by atoms with Gasteiger partial charge in [-0.1, -0.05) is 74.0 Å². The number of hydrogen-bond donors (Lipinski definition) is 1. The lowest BCUT2D eigenvalue weighted by atomic mass is 10.1. The summed E-state index contributed by atoms with van der Waals surface area (Å²) in [5.74, 6) is -0.0656. The Hall–Kier alpha value is -2.88. The number of nitrogens with one attached hydrogen (secondary N) is 1. The van der Waals surface area contributed by atoms with Gasteiger partial charge in [-0.3, -0.25) is 9.48 Å². The Balaban J connectivity index is 1.91. The van der Waals surface area contributed by atoms with Gasteiger partial charge in [0.25, 0.3) is 5.91 Å². The molecule has 0 aliphatic heterocycles. The monoisotopic (exact) mass is 347 g/mol. The van der Waals surface area contributed by atoms with Crippen molar-refractivity contribution in [3.8, 4) is 11.3 Å². The second-order valence-corrected chi connectivity index (χ2v) is 6.60. The summed E-state index contributed by atoms with van der Waals surface area (Å²) in [6.45, 7) is 4.80. The fraction of sp³-hybridized carbons (Fsp3) is 0.273. The fourth-order valence-corrected chi connectivity index (χ4v) is 3.05. The lowest BCUT2D eigenvalue weighted by Gasteiger charge is -2.12. The molecule has 2 aromatic carbocycles. The summed E-state index contributed by atoms with van der Waals surface area (Å²) in [4.78, 5) is 12.8. The quantitative estimate of drug-likeness (QED) is 0.683. The van der Waals surface area contributed by atoms with Crippen molar-refractivity contribution in [3.63, 3.8) is 0 Å². The molecule has 1 N–H and O–H groups in total. The lowest BCUT2D eigenvalue weighted by Crippen LogP contribution is -2.32.